The van der Waals surface area contributed by atoms with Gasteiger partial charge in [0.05, 0.1) is 5.52 Å². The summed E-state index contributed by atoms with van der Waals surface area (Å²) in [6.45, 7) is 0. The molecule has 0 spiro atoms. The summed E-state index contributed by atoms with van der Waals surface area (Å²) in [4.78, 5) is 8.83. The van der Waals surface area contributed by atoms with Crippen molar-refractivity contribution in [1.82, 2.24) is 9.97 Å². The van der Waals surface area contributed by atoms with Crippen molar-refractivity contribution in [1.29, 1.82) is 0 Å². The third kappa shape index (κ3) is 2.59. The van der Waals surface area contributed by atoms with E-state index in [9.17, 15) is 0 Å². The van der Waals surface area contributed by atoms with Gasteiger partial charge in [-0.2, -0.15) is 0 Å². The predicted molar refractivity (Wildman–Crippen MR) is 82.7 cm³/mol. The van der Waals surface area contributed by atoms with Gasteiger partial charge < -0.3 is 0 Å². The fraction of sp³-hybridized carbons (Fsp3) is 0. The van der Waals surface area contributed by atoms with E-state index >= 15 is 0 Å². The minimum absolute atomic E-state index is 0.408. The normalized spacial score (nSPS) is 10.9. The third-order valence-corrected chi connectivity index (χ3v) is 3.77. The summed E-state index contributed by atoms with van der Waals surface area (Å²) in [6.07, 6.45) is 0. The summed E-state index contributed by atoms with van der Waals surface area (Å²) < 4.78 is 1.01. The van der Waals surface area contributed by atoms with Crippen molar-refractivity contribution < 1.29 is 0 Å². The van der Waals surface area contributed by atoms with Crippen molar-refractivity contribution in [3.05, 3.63) is 57.1 Å². The standard InChI is InChI=1S/C14H7BrCl2N2/c15-9-3-1-8(2-4-9)14-18-12-6-5-10(16)7-11(12)13(17)19-14/h1-7H. The molecule has 2 nitrogen and oxygen atoms in total. The first-order valence-electron chi connectivity index (χ1n) is 5.52. The van der Waals surface area contributed by atoms with E-state index in [2.05, 4.69) is 25.9 Å². The fourth-order valence-electron chi connectivity index (χ4n) is 1.79. The molecule has 0 atom stereocenters. The van der Waals surface area contributed by atoms with Crippen LogP contribution < -0.4 is 0 Å². The predicted octanol–water partition coefficient (Wildman–Crippen LogP) is 5.37. The molecule has 0 aliphatic rings. The van der Waals surface area contributed by atoms with Crippen LogP contribution in [0.1, 0.15) is 0 Å². The number of benzene rings is 2. The Balaban J connectivity index is 2.20. The highest BCUT2D eigenvalue weighted by atomic mass is 79.9. The molecule has 0 fully saturated rings. The highest BCUT2D eigenvalue weighted by Gasteiger charge is 2.08. The largest absolute Gasteiger partial charge is 0.228 e. The van der Waals surface area contributed by atoms with Crippen molar-refractivity contribution in [2.24, 2.45) is 0 Å². The van der Waals surface area contributed by atoms with Gasteiger partial charge in [-0.25, -0.2) is 9.97 Å². The van der Waals surface area contributed by atoms with Crippen LogP contribution in [0.15, 0.2) is 46.9 Å². The SMILES string of the molecule is Clc1ccc2nc(-c3ccc(Br)cc3)nc(Cl)c2c1. The quantitative estimate of drug-likeness (QED) is 0.550. The van der Waals surface area contributed by atoms with Crippen LogP contribution in [0.3, 0.4) is 0 Å². The molecule has 0 unspecified atom stereocenters. The number of rotatable bonds is 1. The number of hydrogen-bond acceptors (Lipinski definition) is 2. The molecule has 0 N–H and O–H groups in total. The van der Waals surface area contributed by atoms with Crippen LogP contribution in [0.25, 0.3) is 22.3 Å². The van der Waals surface area contributed by atoms with Gasteiger partial charge in [-0.3, -0.25) is 0 Å². The van der Waals surface area contributed by atoms with Crippen LogP contribution in [0.4, 0.5) is 0 Å². The van der Waals surface area contributed by atoms with E-state index in [1.54, 1.807) is 12.1 Å². The monoisotopic (exact) mass is 352 g/mol. The number of nitrogens with zero attached hydrogens (tertiary/aromatic N) is 2. The number of aromatic nitrogens is 2. The molecule has 0 amide bonds. The zero-order valence-corrected chi connectivity index (χ0v) is 12.7. The molecule has 0 aliphatic heterocycles. The molecule has 0 radical (unpaired) electrons. The second-order valence-corrected chi connectivity index (χ2v) is 5.72. The number of halogens is 3. The highest BCUT2D eigenvalue weighted by Crippen LogP contribution is 2.27. The first-order chi connectivity index (χ1) is 9.13. The van der Waals surface area contributed by atoms with Crippen LogP contribution in [0.5, 0.6) is 0 Å². The lowest BCUT2D eigenvalue weighted by Crippen LogP contribution is -1.91. The van der Waals surface area contributed by atoms with E-state index in [0.29, 0.717) is 16.0 Å². The fourth-order valence-corrected chi connectivity index (χ4v) is 2.46. The van der Waals surface area contributed by atoms with Crippen LogP contribution in [-0.2, 0) is 0 Å². The molecular weight excluding hydrogens is 347 g/mol. The number of fused-ring (bicyclic) bond motifs is 1. The Kier molecular flexibility index (Phi) is 3.44. The zero-order valence-electron chi connectivity index (χ0n) is 9.57. The van der Waals surface area contributed by atoms with Crippen molar-refractivity contribution in [2.45, 2.75) is 0 Å². The molecule has 5 heteroatoms. The Morgan fingerprint density at radius 1 is 0.895 bits per heavy atom. The Morgan fingerprint density at radius 2 is 1.63 bits per heavy atom. The smallest absolute Gasteiger partial charge is 0.161 e. The second-order valence-electron chi connectivity index (χ2n) is 4.01. The van der Waals surface area contributed by atoms with Gasteiger partial charge in [0.15, 0.2) is 5.82 Å². The van der Waals surface area contributed by atoms with E-state index in [1.807, 2.05) is 30.3 Å². The van der Waals surface area contributed by atoms with Crippen molar-refractivity contribution in [3.8, 4) is 11.4 Å². The molecule has 0 saturated carbocycles. The van der Waals surface area contributed by atoms with E-state index in [0.717, 1.165) is 20.9 Å². The Morgan fingerprint density at radius 3 is 2.37 bits per heavy atom. The molecule has 3 rings (SSSR count). The first kappa shape index (κ1) is 12.9. The van der Waals surface area contributed by atoms with Crippen molar-refractivity contribution >= 4 is 50.0 Å². The molecule has 1 heterocycles. The van der Waals surface area contributed by atoms with E-state index in [4.69, 9.17) is 23.2 Å². The van der Waals surface area contributed by atoms with Gasteiger partial charge in [-0.1, -0.05) is 51.3 Å². The molecule has 1 aromatic heterocycles. The van der Waals surface area contributed by atoms with Gasteiger partial charge in [-0.15, -0.1) is 0 Å². The first-order valence-corrected chi connectivity index (χ1v) is 7.07. The van der Waals surface area contributed by atoms with E-state index in [1.165, 1.54) is 0 Å². The maximum absolute atomic E-state index is 6.20. The third-order valence-electron chi connectivity index (χ3n) is 2.71. The minimum atomic E-state index is 0.408. The van der Waals surface area contributed by atoms with Crippen LogP contribution >= 0.6 is 39.1 Å². The summed E-state index contributed by atoms with van der Waals surface area (Å²) >= 11 is 15.5. The molecule has 94 valence electrons. The van der Waals surface area contributed by atoms with Gasteiger partial charge in [0.2, 0.25) is 0 Å². The Labute approximate surface area is 128 Å². The molecular formula is C14H7BrCl2N2. The minimum Gasteiger partial charge on any atom is -0.228 e. The second kappa shape index (κ2) is 5.08. The molecule has 0 aliphatic carbocycles. The van der Waals surface area contributed by atoms with Crippen LogP contribution in [0.2, 0.25) is 10.2 Å². The number of hydrogen-bond donors (Lipinski definition) is 0. The van der Waals surface area contributed by atoms with Gasteiger partial charge in [0, 0.05) is 20.4 Å². The zero-order chi connectivity index (χ0) is 13.4. The summed E-state index contributed by atoms with van der Waals surface area (Å²) in [6, 6.07) is 13.2. The summed E-state index contributed by atoms with van der Waals surface area (Å²) in [5.41, 5.74) is 1.70. The van der Waals surface area contributed by atoms with E-state index in [-0.39, 0.29) is 0 Å². The molecule has 19 heavy (non-hydrogen) atoms. The Hall–Kier alpha value is -1.16. The van der Waals surface area contributed by atoms with Crippen LogP contribution in [-0.4, -0.2) is 9.97 Å². The van der Waals surface area contributed by atoms with Gasteiger partial charge in [0.25, 0.3) is 0 Å². The lowest BCUT2D eigenvalue weighted by molar-refractivity contribution is 1.23. The summed E-state index contributed by atoms with van der Waals surface area (Å²) in [5.74, 6) is 0.604. The molecule has 0 bridgehead atoms. The van der Waals surface area contributed by atoms with Gasteiger partial charge in [0.1, 0.15) is 5.15 Å². The van der Waals surface area contributed by atoms with Crippen LogP contribution in [0, 0.1) is 0 Å². The molecule has 0 saturated heterocycles. The Bertz CT molecular complexity index is 757. The van der Waals surface area contributed by atoms with E-state index < -0.39 is 0 Å². The average Bonchev–Trinajstić information content (AvgIpc) is 2.40. The highest BCUT2D eigenvalue weighted by molar-refractivity contribution is 9.10. The van der Waals surface area contributed by atoms with Gasteiger partial charge >= 0.3 is 0 Å². The lowest BCUT2D eigenvalue weighted by Gasteiger charge is -2.05. The maximum atomic E-state index is 6.20. The van der Waals surface area contributed by atoms with Gasteiger partial charge in [-0.05, 0) is 30.3 Å². The lowest BCUT2D eigenvalue weighted by atomic mass is 10.2. The van der Waals surface area contributed by atoms with Crippen molar-refractivity contribution in [3.63, 3.8) is 0 Å². The molecule has 2 aromatic carbocycles. The average molecular weight is 354 g/mol. The topological polar surface area (TPSA) is 25.8 Å². The summed E-state index contributed by atoms with van der Waals surface area (Å²) in [7, 11) is 0. The maximum Gasteiger partial charge on any atom is 0.161 e. The van der Waals surface area contributed by atoms with Crippen molar-refractivity contribution in [2.75, 3.05) is 0 Å². The summed E-state index contributed by atoms with van der Waals surface area (Å²) in [5, 5.41) is 1.79. The molecule has 3 aromatic rings.